The first kappa shape index (κ1) is 21.8. The summed E-state index contributed by atoms with van der Waals surface area (Å²) in [5, 5.41) is 3.49. The van der Waals surface area contributed by atoms with E-state index in [9.17, 15) is 14.4 Å². The van der Waals surface area contributed by atoms with Crippen LogP contribution in [0.4, 0.5) is 10.5 Å². The van der Waals surface area contributed by atoms with Crippen molar-refractivity contribution < 1.29 is 19.0 Å². The molecule has 1 unspecified atom stereocenters. The third-order valence-electron chi connectivity index (χ3n) is 5.50. The molecule has 164 valence electrons. The lowest BCUT2D eigenvalue weighted by atomic mass is 10.2. The molecule has 1 aromatic carbocycles. The zero-order valence-corrected chi connectivity index (χ0v) is 19.1. The average molecular weight is 463 g/mol. The summed E-state index contributed by atoms with van der Waals surface area (Å²) in [4.78, 5) is 46.2. The molecule has 1 aromatic rings. The molecule has 0 aromatic heterocycles. The van der Waals surface area contributed by atoms with Gasteiger partial charge < -0.3 is 5.32 Å². The van der Waals surface area contributed by atoms with Crippen LogP contribution in [0.5, 0.6) is 0 Å². The predicted molar refractivity (Wildman–Crippen MR) is 122 cm³/mol. The Morgan fingerprint density at radius 1 is 1.29 bits per heavy atom. The first-order chi connectivity index (χ1) is 14.9. The zero-order valence-electron chi connectivity index (χ0n) is 17.6. The van der Waals surface area contributed by atoms with Crippen molar-refractivity contribution >= 4 is 57.9 Å². The molecular formula is C21H25ClN5O3S+. The van der Waals surface area contributed by atoms with Crippen LogP contribution in [0.3, 0.4) is 0 Å². The first-order valence-corrected chi connectivity index (χ1v) is 11.7. The molecule has 4 rings (SSSR count). The first-order valence-electron chi connectivity index (χ1n) is 10.4. The topological polar surface area (TPSA) is 85.1 Å². The maximum absolute atomic E-state index is 13.1. The van der Waals surface area contributed by atoms with Crippen LogP contribution in [-0.4, -0.2) is 74.7 Å². The van der Waals surface area contributed by atoms with Gasteiger partial charge in [-0.25, -0.2) is 9.69 Å². The minimum absolute atomic E-state index is 0.221. The van der Waals surface area contributed by atoms with Crippen LogP contribution in [0.25, 0.3) is 0 Å². The van der Waals surface area contributed by atoms with Crippen molar-refractivity contribution in [3.05, 3.63) is 28.8 Å². The lowest BCUT2D eigenvalue weighted by molar-refractivity contribution is -0.503. The van der Waals surface area contributed by atoms with E-state index in [0.29, 0.717) is 29.5 Å². The number of hydrogen-bond donors (Lipinski definition) is 1. The molecule has 2 fully saturated rings. The number of halogens is 1. The summed E-state index contributed by atoms with van der Waals surface area (Å²) in [6.45, 7) is 5.65. The largest absolute Gasteiger partial charge is 0.357 e. The van der Waals surface area contributed by atoms with Gasteiger partial charge in [0.2, 0.25) is 5.91 Å². The van der Waals surface area contributed by atoms with Crippen LogP contribution in [0.2, 0.25) is 5.02 Å². The summed E-state index contributed by atoms with van der Waals surface area (Å²) in [6.07, 6.45) is 2.81. The Hall–Kier alpha value is -2.39. The van der Waals surface area contributed by atoms with Crippen molar-refractivity contribution in [3.63, 3.8) is 0 Å². The van der Waals surface area contributed by atoms with Gasteiger partial charge in [0.05, 0.1) is 13.1 Å². The number of benzene rings is 1. The molecule has 0 radical (unpaired) electrons. The summed E-state index contributed by atoms with van der Waals surface area (Å²) in [7, 11) is 0. The number of hydrogen-bond acceptors (Lipinski definition) is 4. The van der Waals surface area contributed by atoms with Crippen LogP contribution < -0.4 is 5.32 Å². The van der Waals surface area contributed by atoms with Crippen molar-refractivity contribution in [3.8, 4) is 0 Å². The molecule has 1 N–H and O–H groups in total. The number of aliphatic imine (C=N–C) groups is 1. The second-order valence-corrected chi connectivity index (χ2v) is 9.32. The lowest BCUT2D eigenvalue weighted by Crippen LogP contribution is -2.61. The van der Waals surface area contributed by atoms with Gasteiger partial charge in [-0.05, 0) is 60.6 Å². The highest BCUT2D eigenvalue weighted by atomic mass is 35.5. The van der Waals surface area contributed by atoms with Crippen molar-refractivity contribution in [1.82, 2.24) is 9.80 Å². The van der Waals surface area contributed by atoms with Gasteiger partial charge in [-0.1, -0.05) is 24.6 Å². The van der Waals surface area contributed by atoms with Gasteiger partial charge in [-0.3, -0.25) is 19.1 Å². The molecule has 0 saturated carbocycles. The van der Waals surface area contributed by atoms with Crippen molar-refractivity contribution in [1.29, 1.82) is 0 Å². The lowest BCUT2D eigenvalue weighted by Gasteiger charge is -2.34. The maximum atomic E-state index is 13.1. The van der Waals surface area contributed by atoms with E-state index in [1.54, 1.807) is 12.1 Å². The Morgan fingerprint density at radius 2 is 2.03 bits per heavy atom. The number of imide groups is 1. The summed E-state index contributed by atoms with van der Waals surface area (Å²) in [5.74, 6) is -0.273. The molecule has 4 amide bonds. The van der Waals surface area contributed by atoms with Gasteiger partial charge in [-0.2, -0.15) is 0 Å². The van der Waals surface area contributed by atoms with Crippen molar-refractivity contribution in [2.45, 2.75) is 38.4 Å². The number of nitrogens with zero attached hydrogens (tertiary/aromatic N) is 4. The molecule has 1 atom stereocenters. The standard InChI is InChI=1S/C21H24ClN5O3S/c1-3-8-26-19(29)17-18(24-20(31-17)25-9-4-5-10-25)27(21(26)30)12-16(28)23-15-11-14(22)7-6-13(15)2/h6-7,11,17H,3-5,8-10,12H2,1-2H3/p+1. The predicted octanol–water partition coefficient (Wildman–Crippen LogP) is 2.94. The van der Waals surface area contributed by atoms with E-state index in [4.69, 9.17) is 11.6 Å². The maximum Gasteiger partial charge on any atom is 0.357 e. The molecule has 0 spiro atoms. The Bertz CT molecular complexity index is 1000. The minimum atomic E-state index is -0.597. The van der Waals surface area contributed by atoms with E-state index >= 15 is 0 Å². The fraction of sp³-hybridized carbons (Fsp3) is 0.476. The number of amides is 4. The molecule has 0 aliphatic carbocycles. The van der Waals surface area contributed by atoms with E-state index < -0.39 is 11.3 Å². The molecule has 3 aliphatic rings. The highest BCUT2D eigenvalue weighted by molar-refractivity contribution is 8.15. The number of aryl methyl sites for hydroxylation is 1. The molecule has 31 heavy (non-hydrogen) atoms. The SMILES string of the molecule is CCCN1C(=O)C2SC(=[N+]3CCCC3)N=C2N(CC(=O)Nc2cc(Cl)ccc2C)C1=O. The number of carbonyl (C=O) groups excluding carboxylic acids is 3. The summed E-state index contributed by atoms with van der Waals surface area (Å²) >= 11 is 7.42. The third-order valence-corrected chi connectivity index (χ3v) is 6.94. The highest BCUT2D eigenvalue weighted by Gasteiger charge is 2.53. The second kappa shape index (κ2) is 9.00. The van der Waals surface area contributed by atoms with Crippen LogP contribution >= 0.6 is 23.4 Å². The van der Waals surface area contributed by atoms with E-state index in [-0.39, 0.29) is 18.4 Å². The Morgan fingerprint density at radius 3 is 2.74 bits per heavy atom. The fourth-order valence-electron chi connectivity index (χ4n) is 3.88. The summed E-state index contributed by atoms with van der Waals surface area (Å²) in [6, 6.07) is 4.74. The minimum Gasteiger partial charge on any atom is -0.324 e. The molecule has 0 bridgehead atoms. The second-order valence-electron chi connectivity index (χ2n) is 7.81. The number of urea groups is 1. The Balaban J connectivity index is 1.61. The quantitative estimate of drug-likeness (QED) is 0.682. The van der Waals surface area contributed by atoms with E-state index in [0.717, 1.165) is 36.7 Å². The normalized spacial score (nSPS) is 21.0. The number of fused-ring (bicyclic) bond motifs is 1. The smallest absolute Gasteiger partial charge is 0.324 e. The third kappa shape index (κ3) is 4.34. The number of rotatable bonds is 5. The average Bonchev–Trinajstić information content (AvgIpc) is 3.41. The van der Waals surface area contributed by atoms with E-state index in [2.05, 4.69) is 14.9 Å². The van der Waals surface area contributed by atoms with Gasteiger partial charge in [-0.15, -0.1) is 0 Å². The highest BCUT2D eigenvalue weighted by Crippen LogP contribution is 2.32. The van der Waals surface area contributed by atoms with Gasteiger partial charge >= 0.3 is 11.2 Å². The Kier molecular flexibility index (Phi) is 6.34. The van der Waals surface area contributed by atoms with Gasteiger partial charge in [0.1, 0.15) is 6.54 Å². The van der Waals surface area contributed by atoms with Gasteiger partial charge in [0.15, 0.2) is 5.25 Å². The molecule has 3 heterocycles. The van der Waals surface area contributed by atoms with Crippen LogP contribution in [0.15, 0.2) is 23.2 Å². The van der Waals surface area contributed by atoms with Gasteiger partial charge in [0.25, 0.3) is 11.7 Å². The number of anilines is 1. The molecule has 2 saturated heterocycles. The summed E-state index contributed by atoms with van der Waals surface area (Å²) < 4.78 is 2.14. The van der Waals surface area contributed by atoms with Crippen molar-refractivity contribution in [2.24, 2.45) is 4.99 Å². The fourth-order valence-corrected chi connectivity index (χ4v) is 5.25. The van der Waals surface area contributed by atoms with Crippen LogP contribution in [-0.2, 0) is 9.59 Å². The van der Waals surface area contributed by atoms with Crippen molar-refractivity contribution in [2.75, 3.05) is 31.5 Å². The van der Waals surface area contributed by atoms with Crippen LogP contribution in [0.1, 0.15) is 31.7 Å². The Labute approximate surface area is 190 Å². The van der Waals surface area contributed by atoms with E-state index in [1.807, 2.05) is 19.9 Å². The molecular weight excluding hydrogens is 438 g/mol. The number of carbonyl (C=O) groups is 3. The van der Waals surface area contributed by atoms with E-state index in [1.165, 1.54) is 21.6 Å². The summed E-state index contributed by atoms with van der Waals surface area (Å²) in [5.41, 5.74) is 1.45. The molecule has 10 heteroatoms. The zero-order chi connectivity index (χ0) is 22.1. The number of thioether (sulfide) groups is 1. The molecule has 3 aliphatic heterocycles. The molecule has 8 nitrogen and oxygen atoms in total. The van der Waals surface area contributed by atoms with Crippen LogP contribution in [0, 0.1) is 6.92 Å². The monoisotopic (exact) mass is 462 g/mol. The number of amidine groups is 2. The van der Waals surface area contributed by atoms with Gasteiger partial charge in [0, 0.05) is 17.3 Å². The number of nitrogens with one attached hydrogen (secondary N) is 1.